The van der Waals surface area contributed by atoms with Crippen LogP contribution in [0.4, 0.5) is 36.8 Å². The molecule has 4 rings (SSSR count). The minimum Gasteiger partial charge on any atom is -0.493 e. The average molecular weight is 596 g/mol. The molecule has 1 saturated carbocycles. The number of fused-ring (bicyclic) bond motifs is 1. The van der Waals surface area contributed by atoms with E-state index in [1.807, 2.05) is 12.1 Å². The van der Waals surface area contributed by atoms with Crippen molar-refractivity contribution in [3.63, 3.8) is 0 Å². The summed E-state index contributed by atoms with van der Waals surface area (Å²) in [5, 5.41) is 12.3. The number of aryl methyl sites for hydroxylation is 1. The molecule has 41 heavy (non-hydrogen) atoms. The van der Waals surface area contributed by atoms with E-state index in [0.29, 0.717) is 24.3 Å². The smallest absolute Gasteiger partial charge is 0.490 e. The largest absolute Gasteiger partial charge is 0.493 e. The number of anilines is 1. The standard InChI is InChI=1S/C24H30F3N3O4.C2HF3O2/c1-14-11-17(21(34-14)24(25,26)27)29-22(31)28-16-7-8-23(9-10-30(2)20(23)13-16)15-5-6-18(32-3)19(12-15)33-4;3-2(4,5)1(6)7/h5-6,11-12,16,20H,7-10,13H2,1-4H3,(H2,28,29,31);(H,6,7). The van der Waals surface area contributed by atoms with Crippen molar-refractivity contribution in [1.29, 1.82) is 0 Å². The van der Waals surface area contributed by atoms with Gasteiger partial charge in [0.2, 0.25) is 5.76 Å². The number of halogens is 6. The molecular weight excluding hydrogens is 564 g/mol. The number of benzene rings is 1. The average Bonchev–Trinajstić information content (AvgIpc) is 3.43. The van der Waals surface area contributed by atoms with E-state index in [1.165, 1.54) is 18.6 Å². The number of hydrogen-bond donors (Lipinski definition) is 3. The zero-order valence-corrected chi connectivity index (χ0v) is 22.7. The second-order valence-electron chi connectivity index (χ2n) is 9.94. The van der Waals surface area contributed by atoms with Gasteiger partial charge in [0.25, 0.3) is 0 Å². The lowest BCUT2D eigenvalue weighted by Gasteiger charge is -2.45. The van der Waals surface area contributed by atoms with Gasteiger partial charge in [-0.25, -0.2) is 9.59 Å². The van der Waals surface area contributed by atoms with Gasteiger partial charge in [-0.3, -0.25) is 0 Å². The fourth-order valence-electron chi connectivity index (χ4n) is 5.56. The number of ether oxygens (including phenoxy) is 2. The maximum absolute atomic E-state index is 13.2. The van der Waals surface area contributed by atoms with Gasteiger partial charge in [-0.1, -0.05) is 6.07 Å². The third-order valence-corrected chi connectivity index (χ3v) is 7.42. The molecule has 2 heterocycles. The van der Waals surface area contributed by atoms with Crippen LogP contribution in [0.25, 0.3) is 0 Å². The zero-order chi connectivity index (χ0) is 30.8. The summed E-state index contributed by atoms with van der Waals surface area (Å²) in [7, 11) is 5.29. The second-order valence-corrected chi connectivity index (χ2v) is 9.94. The highest BCUT2D eigenvalue weighted by Gasteiger charge is 2.51. The highest BCUT2D eigenvalue weighted by Crippen LogP contribution is 2.50. The third-order valence-electron chi connectivity index (χ3n) is 7.42. The van der Waals surface area contributed by atoms with E-state index in [-0.39, 0.29) is 28.9 Å². The topological polar surface area (TPSA) is 113 Å². The molecule has 0 radical (unpaired) electrons. The van der Waals surface area contributed by atoms with Gasteiger partial charge in [-0.05, 0) is 63.9 Å². The van der Waals surface area contributed by atoms with Gasteiger partial charge in [-0.2, -0.15) is 26.3 Å². The number of nitrogens with zero attached hydrogens (tertiary/aromatic N) is 1. The van der Waals surface area contributed by atoms with Crippen LogP contribution in [0.15, 0.2) is 28.7 Å². The van der Waals surface area contributed by atoms with E-state index in [2.05, 4.69) is 28.6 Å². The Hall–Kier alpha value is -3.62. The van der Waals surface area contributed by atoms with Crippen LogP contribution in [0.1, 0.15) is 42.8 Å². The highest BCUT2D eigenvalue weighted by atomic mass is 19.4. The van der Waals surface area contributed by atoms with Crippen molar-refractivity contribution in [3.05, 3.63) is 41.3 Å². The Labute approximate surface area is 231 Å². The number of amides is 2. The maximum atomic E-state index is 13.2. The van der Waals surface area contributed by atoms with E-state index in [4.69, 9.17) is 23.8 Å². The second kappa shape index (κ2) is 12.1. The minimum atomic E-state index is -5.08. The maximum Gasteiger partial charge on any atom is 0.490 e. The summed E-state index contributed by atoms with van der Waals surface area (Å²) in [6.45, 7) is 2.32. The van der Waals surface area contributed by atoms with E-state index >= 15 is 0 Å². The molecular formula is C26H31F6N3O6. The number of furan rings is 1. The SMILES string of the molecule is COc1ccc(C23CCC(NC(=O)Nc4cc(C)oc4C(F)(F)F)CC2N(C)CC3)cc1OC.O=C(O)C(F)(F)F. The Morgan fingerprint density at radius 1 is 1.07 bits per heavy atom. The Bertz CT molecular complexity index is 1250. The van der Waals surface area contributed by atoms with E-state index < -0.39 is 30.1 Å². The van der Waals surface area contributed by atoms with Crippen molar-refractivity contribution >= 4 is 17.7 Å². The lowest BCUT2D eigenvalue weighted by Crippen LogP contribution is -2.52. The van der Waals surface area contributed by atoms with E-state index in [9.17, 15) is 31.1 Å². The summed E-state index contributed by atoms with van der Waals surface area (Å²) >= 11 is 0. The van der Waals surface area contributed by atoms with Gasteiger partial charge in [0.05, 0.1) is 19.9 Å². The molecule has 2 amide bonds. The molecule has 1 aliphatic carbocycles. The molecule has 15 heteroatoms. The molecule has 3 N–H and O–H groups in total. The number of urea groups is 1. The minimum absolute atomic E-state index is 0.0765. The third kappa shape index (κ3) is 7.18. The van der Waals surface area contributed by atoms with Gasteiger partial charge < -0.3 is 34.5 Å². The van der Waals surface area contributed by atoms with Crippen LogP contribution >= 0.6 is 0 Å². The number of nitrogens with one attached hydrogen (secondary N) is 2. The summed E-state index contributed by atoms with van der Waals surface area (Å²) < 4.78 is 86.9. The quantitative estimate of drug-likeness (QED) is 0.387. The Kier molecular flexibility index (Phi) is 9.40. The number of alkyl halides is 6. The molecule has 0 spiro atoms. The summed E-state index contributed by atoms with van der Waals surface area (Å²) in [6, 6.07) is 6.54. The lowest BCUT2D eigenvalue weighted by atomic mass is 9.65. The Balaban J connectivity index is 0.000000587. The van der Waals surface area contributed by atoms with Crippen LogP contribution in [-0.4, -0.2) is 68.1 Å². The van der Waals surface area contributed by atoms with Crippen LogP contribution in [0.2, 0.25) is 0 Å². The van der Waals surface area contributed by atoms with Crippen molar-refractivity contribution in [2.75, 3.05) is 33.1 Å². The molecule has 228 valence electrons. The number of rotatable bonds is 5. The molecule has 2 aromatic rings. The predicted octanol–water partition coefficient (Wildman–Crippen LogP) is 5.57. The molecule has 0 bridgehead atoms. The first-order valence-corrected chi connectivity index (χ1v) is 12.5. The zero-order valence-electron chi connectivity index (χ0n) is 22.7. The monoisotopic (exact) mass is 595 g/mol. The van der Waals surface area contributed by atoms with Gasteiger partial charge in [-0.15, -0.1) is 0 Å². The normalized spacial score (nSPS) is 22.7. The molecule has 1 aromatic heterocycles. The molecule has 2 aliphatic rings. The van der Waals surface area contributed by atoms with Crippen LogP contribution in [0.3, 0.4) is 0 Å². The fraction of sp³-hybridized carbons (Fsp3) is 0.538. The lowest BCUT2D eigenvalue weighted by molar-refractivity contribution is -0.192. The van der Waals surface area contributed by atoms with Crippen molar-refractivity contribution in [2.24, 2.45) is 0 Å². The first-order valence-electron chi connectivity index (χ1n) is 12.5. The number of aliphatic carboxylic acids is 1. The van der Waals surface area contributed by atoms with Crippen molar-refractivity contribution in [2.45, 2.75) is 62.5 Å². The summed E-state index contributed by atoms with van der Waals surface area (Å²) in [4.78, 5) is 23.8. The van der Waals surface area contributed by atoms with E-state index in [0.717, 1.165) is 19.4 Å². The number of carbonyl (C=O) groups is 2. The number of methoxy groups -OCH3 is 2. The van der Waals surface area contributed by atoms with Crippen LogP contribution in [-0.2, 0) is 16.4 Å². The van der Waals surface area contributed by atoms with E-state index in [1.54, 1.807) is 14.2 Å². The molecule has 3 atom stereocenters. The number of hydrogen-bond acceptors (Lipinski definition) is 6. The molecule has 9 nitrogen and oxygen atoms in total. The first-order chi connectivity index (χ1) is 19.0. The van der Waals surface area contributed by atoms with Crippen LogP contribution < -0.4 is 20.1 Å². The fourth-order valence-corrected chi connectivity index (χ4v) is 5.56. The number of carboxylic acid groups (broad SMARTS) is 1. The van der Waals surface area contributed by atoms with Crippen LogP contribution in [0.5, 0.6) is 11.5 Å². The first kappa shape index (κ1) is 31.9. The Morgan fingerprint density at radius 2 is 1.71 bits per heavy atom. The molecule has 1 aliphatic heterocycles. The van der Waals surface area contributed by atoms with Crippen molar-refractivity contribution in [1.82, 2.24) is 10.2 Å². The van der Waals surface area contributed by atoms with Gasteiger partial charge in [0, 0.05) is 23.6 Å². The number of likely N-dealkylation sites (tertiary alicyclic amines) is 1. The van der Waals surface area contributed by atoms with Crippen molar-refractivity contribution in [3.8, 4) is 11.5 Å². The van der Waals surface area contributed by atoms with Crippen LogP contribution in [0, 0.1) is 6.92 Å². The Morgan fingerprint density at radius 3 is 2.27 bits per heavy atom. The molecule has 3 unspecified atom stereocenters. The summed E-state index contributed by atoms with van der Waals surface area (Å²) in [5.41, 5.74) is 0.704. The number of likely N-dealkylation sites (N-methyl/N-ethyl adjacent to an activating group) is 1. The molecule has 2 fully saturated rings. The highest BCUT2D eigenvalue weighted by molar-refractivity contribution is 5.90. The number of carbonyl (C=O) groups excluding carboxylic acids is 1. The van der Waals surface area contributed by atoms with Gasteiger partial charge in [0.15, 0.2) is 11.5 Å². The summed E-state index contributed by atoms with van der Waals surface area (Å²) in [5.74, 6) is -2.53. The molecule has 1 saturated heterocycles. The van der Waals surface area contributed by atoms with Gasteiger partial charge in [0.1, 0.15) is 5.76 Å². The van der Waals surface area contributed by atoms with Crippen molar-refractivity contribution < 1.29 is 54.9 Å². The van der Waals surface area contributed by atoms with Gasteiger partial charge >= 0.3 is 24.4 Å². The predicted molar refractivity (Wildman–Crippen MR) is 134 cm³/mol. The molecule has 1 aromatic carbocycles. The number of carboxylic acids is 1. The summed E-state index contributed by atoms with van der Waals surface area (Å²) in [6.07, 6.45) is -6.56.